The molecule has 21 heavy (non-hydrogen) atoms. The number of ether oxygens (including phenoxy) is 1. The molecule has 0 aliphatic carbocycles. The topological polar surface area (TPSA) is 119 Å². The Kier molecular flexibility index (Phi) is 3.01. The molecule has 0 saturated carbocycles. The van der Waals surface area contributed by atoms with Gasteiger partial charge in [-0.2, -0.15) is 4.98 Å². The maximum Gasteiger partial charge on any atom is 0.336 e. The summed E-state index contributed by atoms with van der Waals surface area (Å²) in [6.45, 7) is 3.52. The van der Waals surface area contributed by atoms with Gasteiger partial charge in [0.2, 0.25) is 5.95 Å². The number of hydrogen-bond donors (Lipinski definition) is 2. The Labute approximate surface area is 118 Å². The quantitative estimate of drug-likeness (QED) is 0.743. The van der Waals surface area contributed by atoms with Crippen LogP contribution in [0.2, 0.25) is 0 Å². The highest BCUT2D eigenvalue weighted by Crippen LogP contribution is 2.22. The van der Waals surface area contributed by atoms with Gasteiger partial charge in [0.25, 0.3) is 11.6 Å². The number of methoxy groups -OCH3 is 1. The fourth-order valence-corrected chi connectivity index (χ4v) is 1.97. The first kappa shape index (κ1) is 13.0. The minimum Gasteiger partial charge on any atom is -0.466 e. The van der Waals surface area contributed by atoms with Crippen LogP contribution in [0.15, 0.2) is 10.6 Å². The fraction of sp³-hybridized carbons (Fsp3) is 0.250. The normalized spacial score (nSPS) is 10.8. The average molecular weight is 288 g/mol. The summed E-state index contributed by atoms with van der Waals surface area (Å²) in [5.74, 6) is -0.177. The number of nitrogens with one attached hydrogen (secondary N) is 2. The number of pyridine rings is 1. The highest BCUT2D eigenvalue weighted by Gasteiger charge is 2.18. The van der Waals surface area contributed by atoms with Crippen LogP contribution in [-0.4, -0.2) is 38.3 Å². The predicted molar refractivity (Wildman–Crippen MR) is 72.2 cm³/mol. The lowest BCUT2D eigenvalue weighted by molar-refractivity contribution is 0.102. The maximum atomic E-state index is 12.4. The van der Waals surface area contributed by atoms with Gasteiger partial charge in [-0.15, -0.1) is 5.10 Å². The highest BCUT2D eigenvalue weighted by atomic mass is 16.5. The third-order valence-corrected chi connectivity index (χ3v) is 2.87. The molecular weight excluding hydrogens is 276 g/mol. The van der Waals surface area contributed by atoms with Crippen LogP contribution in [0.5, 0.6) is 6.01 Å². The molecule has 0 unspecified atom stereocenters. The lowest BCUT2D eigenvalue weighted by Gasteiger charge is -2.03. The number of aromatic nitrogens is 5. The summed E-state index contributed by atoms with van der Waals surface area (Å²) in [4.78, 5) is 20.5. The van der Waals surface area contributed by atoms with Gasteiger partial charge in [-0.3, -0.25) is 10.1 Å². The standard InChI is InChI=1S/C12H12N6O3/c1-5-4-7(8-6(2)18-21-10(8)13-5)9(19)14-11-15-12(20-3)17-16-11/h4H,1-3H3,(H2,14,15,16,17,19). The minimum atomic E-state index is -0.365. The molecule has 3 heterocycles. The van der Waals surface area contributed by atoms with Crippen molar-refractivity contribution in [2.24, 2.45) is 0 Å². The summed E-state index contributed by atoms with van der Waals surface area (Å²) >= 11 is 0. The zero-order valence-corrected chi connectivity index (χ0v) is 11.6. The molecule has 2 N–H and O–H groups in total. The van der Waals surface area contributed by atoms with Crippen molar-refractivity contribution in [3.05, 3.63) is 23.0 Å². The molecule has 0 fully saturated rings. The first-order valence-corrected chi connectivity index (χ1v) is 6.10. The number of nitrogens with zero attached hydrogens (tertiary/aromatic N) is 4. The van der Waals surface area contributed by atoms with Crippen LogP contribution in [0.4, 0.5) is 5.95 Å². The van der Waals surface area contributed by atoms with Crippen molar-refractivity contribution >= 4 is 23.0 Å². The van der Waals surface area contributed by atoms with E-state index >= 15 is 0 Å². The second-order valence-corrected chi connectivity index (χ2v) is 4.38. The van der Waals surface area contributed by atoms with Gasteiger partial charge < -0.3 is 9.26 Å². The molecule has 0 saturated heterocycles. The van der Waals surface area contributed by atoms with Crippen LogP contribution in [0, 0.1) is 13.8 Å². The number of aromatic amines is 1. The van der Waals surface area contributed by atoms with E-state index in [1.165, 1.54) is 7.11 Å². The second kappa shape index (κ2) is 4.85. The lowest BCUT2D eigenvalue weighted by Crippen LogP contribution is -2.14. The van der Waals surface area contributed by atoms with Gasteiger partial charge in [-0.25, -0.2) is 10.1 Å². The molecule has 3 aromatic heterocycles. The van der Waals surface area contributed by atoms with Crippen LogP contribution in [0.25, 0.3) is 11.1 Å². The third kappa shape index (κ3) is 2.29. The summed E-state index contributed by atoms with van der Waals surface area (Å²) in [5, 5.41) is 13.3. The van der Waals surface area contributed by atoms with Gasteiger partial charge in [-0.1, -0.05) is 5.16 Å². The van der Waals surface area contributed by atoms with Crippen molar-refractivity contribution in [3.63, 3.8) is 0 Å². The highest BCUT2D eigenvalue weighted by molar-refractivity contribution is 6.11. The molecule has 0 atom stereocenters. The van der Waals surface area contributed by atoms with Gasteiger partial charge in [0.1, 0.15) is 0 Å². The largest absolute Gasteiger partial charge is 0.466 e. The van der Waals surface area contributed by atoms with Gasteiger partial charge in [0.15, 0.2) is 0 Å². The molecule has 0 aliphatic heterocycles. The number of carbonyl (C=O) groups excluding carboxylic acids is 1. The van der Waals surface area contributed by atoms with E-state index in [0.29, 0.717) is 28.1 Å². The van der Waals surface area contributed by atoms with Crippen molar-refractivity contribution in [1.82, 2.24) is 25.3 Å². The number of fused-ring (bicyclic) bond motifs is 1. The molecule has 1 amide bonds. The van der Waals surface area contributed by atoms with E-state index in [1.807, 2.05) is 0 Å². The van der Waals surface area contributed by atoms with E-state index in [1.54, 1.807) is 19.9 Å². The number of aryl methyl sites for hydroxylation is 2. The molecule has 0 bridgehead atoms. The minimum absolute atomic E-state index is 0.141. The number of H-pyrrole nitrogens is 1. The van der Waals surface area contributed by atoms with Crippen molar-refractivity contribution < 1.29 is 14.1 Å². The number of amides is 1. The van der Waals surface area contributed by atoms with Crippen molar-refractivity contribution in [2.45, 2.75) is 13.8 Å². The molecule has 9 nitrogen and oxygen atoms in total. The van der Waals surface area contributed by atoms with Crippen molar-refractivity contribution in [3.8, 4) is 6.01 Å². The van der Waals surface area contributed by atoms with Gasteiger partial charge in [-0.05, 0) is 19.9 Å². The average Bonchev–Trinajstić information content (AvgIpc) is 3.05. The molecule has 0 radical (unpaired) electrons. The van der Waals surface area contributed by atoms with Crippen LogP contribution in [-0.2, 0) is 0 Å². The van der Waals surface area contributed by atoms with Gasteiger partial charge >= 0.3 is 6.01 Å². The Morgan fingerprint density at radius 1 is 1.38 bits per heavy atom. The fourth-order valence-electron chi connectivity index (χ4n) is 1.97. The van der Waals surface area contributed by atoms with Crippen LogP contribution in [0.1, 0.15) is 21.7 Å². The number of carbonyl (C=O) groups is 1. The molecule has 108 valence electrons. The SMILES string of the molecule is COc1n[nH]c(NC(=O)c2cc(C)nc3onc(C)c23)n1. The summed E-state index contributed by atoms with van der Waals surface area (Å²) in [6, 6.07) is 1.80. The van der Waals surface area contributed by atoms with E-state index in [-0.39, 0.29) is 17.9 Å². The van der Waals surface area contributed by atoms with Gasteiger partial charge in [0, 0.05) is 5.69 Å². The number of rotatable bonds is 3. The number of hydrogen-bond acceptors (Lipinski definition) is 7. The van der Waals surface area contributed by atoms with Gasteiger partial charge in [0.05, 0.1) is 23.8 Å². The lowest BCUT2D eigenvalue weighted by atomic mass is 10.1. The Hall–Kier alpha value is -2.97. The van der Waals surface area contributed by atoms with E-state index in [9.17, 15) is 4.79 Å². The molecule has 0 aromatic carbocycles. The Morgan fingerprint density at radius 3 is 2.90 bits per heavy atom. The Morgan fingerprint density at radius 2 is 2.19 bits per heavy atom. The molecule has 3 rings (SSSR count). The van der Waals surface area contributed by atoms with Crippen LogP contribution in [0.3, 0.4) is 0 Å². The smallest absolute Gasteiger partial charge is 0.336 e. The predicted octanol–water partition coefficient (Wildman–Crippen LogP) is 1.22. The van der Waals surface area contributed by atoms with E-state index < -0.39 is 0 Å². The third-order valence-electron chi connectivity index (χ3n) is 2.87. The van der Waals surface area contributed by atoms with Crippen LogP contribution < -0.4 is 10.1 Å². The summed E-state index contributed by atoms with van der Waals surface area (Å²) in [7, 11) is 1.44. The molecule has 3 aromatic rings. The first-order chi connectivity index (χ1) is 10.1. The molecule has 0 aliphatic rings. The Bertz CT molecular complexity index is 822. The zero-order chi connectivity index (χ0) is 15.0. The van der Waals surface area contributed by atoms with E-state index in [0.717, 1.165) is 0 Å². The number of anilines is 1. The second-order valence-electron chi connectivity index (χ2n) is 4.38. The van der Waals surface area contributed by atoms with Crippen molar-refractivity contribution in [1.29, 1.82) is 0 Å². The maximum absolute atomic E-state index is 12.4. The first-order valence-electron chi connectivity index (χ1n) is 6.10. The Balaban J connectivity index is 1.99. The molecular formula is C12H12N6O3. The summed E-state index contributed by atoms with van der Waals surface area (Å²) in [6.07, 6.45) is 0. The van der Waals surface area contributed by atoms with Crippen molar-refractivity contribution in [2.75, 3.05) is 12.4 Å². The zero-order valence-electron chi connectivity index (χ0n) is 11.6. The molecule has 9 heteroatoms. The van der Waals surface area contributed by atoms with E-state index in [4.69, 9.17) is 9.26 Å². The molecule has 0 spiro atoms. The van der Waals surface area contributed by atoms with E-state index in [2.05, 4.69) is 30.6 Å². The van der Waals surface area contributed by atoms with Crippen LogP contribution >= 0.6 is 0 Å². The summed E-state index contributed by atoms with van der Waals surface area (Å²) < 4.78 is 9.93. The monoisotopic (exact) mass is 288 g/mol. The summed E-state index contributed by atoms with van der Waals surface area (Å²) in [5.41, 5.74) is 1.98.